The van der Waals surface area contributed by atoms with Crippen molar-refractivity contribution >= 4 is 22.0 Å². The van der Waals surface area contributed by atoms with Gasteiger partial charge in [-0.05, 0) is 34.0 Å². The second-order valence-electron chi connectivity index (χ2n) is 3.65. The zero-order valence-corrected chi connectivity index (χ0v) is 9.64. The second kappa shape index (κ2) is 4.18. The van der Waals surface area contributed by atoms with E-state index >= 15 is 0 Å². The summed E-state index contributed by atoms with van der Waals surface area (Å²) in [7, 11) is 0. The molecular formula is C10H11BrN2O2. The summed E-state index contributed by atoms with van der Waals surface area (Å²) in [5.41, 5.74) is 1.10. The molecule has 1 aliphatic heterocycles. The van der Waals surface area contributed by atoms with Crippen LogP contribution in [-0.2, 0) is 0 Å². The Morgan fingerprint density at radius 1 is 1.60 bits per heavy atom. The van der Waals surface area contributed by atoms with Gasteiger partial charge >= 0.3 is 6.09 Å². The Kier molecular flexibility index (Phi) is 2.90. The predicted molar refractivity (Wildman–Crippen MR) is 58.9 cm³/mol. The van der Waals surface area contributed by atoms with Crippen LogP contribution in [0.4, 0.5) is 4.79 Å². The van der Waals surface area contributed by atoms with Crippen LogP contribution in [0.5, 0.6) is 0 Å². The van der Waals surface area contributed by atoms with E-state index in [-0.39, 0.29) is 5.92 Å². The lowest BCUT2D eigenvalue weighted by Crippen LogP contribution is -2.26. The first-order chi connectivity index (χ1) is 7.16. The summed E-state index contributed by atoms with van der Waals surface area (Å²) in [6.07, 6.45) is 3.58. The molecular weight excluding hydrogens is 260 g/mol. The van der Waals surface area contributed by atoms with E-state index < -0.39 is 6.09 Å². The van der Waals surface area contributed by atoms with Gasteiger partial charge in [0.1, 0.15) is 0 Å². The minimum Gasteiger partial charge on any atom is -0.465 e. The van der Waals surface area contributed by atoms with E-state index in [0.29, 0.717) is 13.1 Å². The molecule has 0 aliphatic carbocycles. The number of carboxylic acid groups (broad SMARTS) is 1. The number of carbonyl (C=O) groups is 1. The Labute approximate surface area is 96.1 Å². The van der Waals surface area contributed by atoms with Crippen molar-refractivity contribution in [3.05, 3.63) is 28.5 Å². The molecule has 1 N–H and O–H groups in total. The van der Waals surface area contributed by atoms with Crippen LogP contribution in [-0.4, -0.2) is 34.2 Å². The largest absolute Gasteiger partial charge is 0.465 e. The fourth-order valence-electron chi connectivity index (χ4n) is 1.86. The molecule has 1 amide bonds. The van der Waals surface area contributed by atoms with Gasteiger partial charge in [-0.2, -0.15) is 0 Å². The fourth-order valence-corrected chi connectivity index (χ4v) is 2.24. The third-order valence-electron chi connectivity index (χ3n) is 2.66. The number of hydrogen-bond acceptors (Lipinski definition) is 2. The molecule has 15 heavy (non-hydrogen) atoms. The molecule has 1 unspecified atom stereocenters. The molecule has 1 aliphatic rings. The van der Waals surface area contributed by atoms with Crippen molar-refractivity contribution in [3.63, 3.8) is 0 Å². The lowest BCUT2D eigenvalue weighted by molar-refractivity contribution is 0.155. The van der Waals surface area contributed by atoms with Gasteiger partial charge in [-0.3, -0.25) is 4.98 Å². The van der Waals surface area contributed by atoms with Crippen LogP contribution in [0.1, 0.15) is 17.9 Å². The van der Waals surface area contributed by atoms with Gasteiger partial charge in [-0.15, -0.1) is 0 Å². The first-order valence-electron chi connectivity index (χ1n) is 4.75. The summed E-state index contributed by atoms with van der Waals surface area (Å²) < 4.78 is 0.939. The summed E-state index contributed by atoms with van der Waals surface area (Å²) in [5, 5.41) is 8.83. The molecule has 1 aromatic heterocycles. The number of hydrogen-bond donors (Lipinski definition) is 1. The monoisotopic (exact) mass is 270 g/mol. The van der Waals surface area contributed by atoms with Crippen LogP contribution in [0.15, 0.2) is 22.9 Å². The smallest absolute Gasteiger partial charge is 0.407 e. The summed E-state index contributed by atoms with van der Waals surface area (Å²) >= 11 is 3.36. The summed E-state index contributed by atoms with van der Waals surface area (Å²) in [5.74, 6) is 0.283. The quantitative estimate of drug-likeness (QED) is 0.852. The standard InChI is InChI=1S/C10H11BrN2O2/c11-9-3-8(4-12-5-9)7-1-2-13(6-7)10(14)15/h3-5,7H,1-2,6H2,(H,14,15). The fraction of sp³-hybridized carbons (Fsp3) is 0.400. The van der Waals surface area contributed by atoms with Crippen molar-refractivity contribution < 1.29 is 9.90 Å². The van der Waals surface area contributed by atoms with Gasteiger partial charge in [0.2, 0.25) is 0 Å². The Morgan fingerprint density at radius 3 is 3.00 bits per heavy atom. The molecule has 4 nitrogen and oxygen atoms in total. The predicted octanol–water partition coefficient (Wildman–Crippen LogP) is 2.31. The average Bonchev–Trinajstić information content (AvgIpc) is 2.66. The topological polar surface area (TPSA) is 53.4 Å². The maximum Gasteiger partial charge on any atom is 0.407 e. The molecule has 0 bridgehead atoms. The number of halogens is 1. The Hall–Kier alpha value is -1.10. The number of rotatable bonds is 1. The molecule has 0 saturated carbocycles. The maximum absolute atomic E-state index is 10.7. The van der Waals surface area contributed by atoms with Crippen molar-refractivity contribution in [2.75, 3.05) is 13.1 Å². The van der Waals surface area contributed by atoms with Crippen LogP contribution >= 0.6 is 15.9 Å². The number of likely N-dealkylation sites (tertiary alicyclic amines) is 1. The van der Waals surface area contributed by atoms with Gasteiger partial charge in [0.25, 0.3) is 0 Å². The molecule has 2 heterocycles. The number of pyridine rings is 1. The highest BCUT2D eigenvalue weighted by Crippen LogP contribution is 2.27. The van der Waals surface area contributed by atoms with E-state index in [9.17, 15) is 4.79 Å². The molecule has 5 heteroatoms. The van der Waals surface area contributed by atoms with Crippen LogP contribution in [0, 0.1) is 0 Å². The number of nitrogens with zero attached hydrogens (tertiary/aromatic N) is 2. The Balaban J connectivity index is 2.11. The van der Waals surface area contributed by atoms with Crippen molar-refractivity contribution in [1.29, 1.82) is 0 Å². The first kappa shape index (κ1) is 10.4. The number of aromatic nitrogens is 1. The van der Waals surface area contributed by atoms with Gasteiger partial charge in [-0.1, -0.05) is 0 Å². The maximum atomic E-state index is 10.7. The molecule has 1 atom stereocenters. The van der Waals surface area contributed by atoms with E-state index in [1.807, 2.05) is 6.07 Å². The summed E-state index contributed by atoms with van der Waals surface area (Å²) in [4.78, 5) is 16.3. The van der Waals surface area contributed by atoms with Crippen LogP contribution in [0.3, 0.4) is 0 Å². The Morgan fingerprint density at radius 2 is 2.40 bits per heavy atom. The Bertz CT molecular complexity index is 383. The third-order valence-corrected chi connectivity index (χ3v) is 3.09. The van der Waals surface area contributed by atoms with Gasteiger partial charge < -0.3 is 10.0 Å². The van der Waals surface area contributed by atoms with Crippen LogP contribution < -0.4 is 0 Å². The minimum absolute atomic E-state index is 0.283. The van der Waals surface area contributed by atoms with Gasteiger partial charge in [0, 0.05) is 35.9 Å². The minimum atomic E-state index is -0.833. The SMILES string of the molecule is O=C(O)N1CCC(c2cncc(Br)c2)C1. The van der Waals surface area contributed by atoms with Crippen molar-refractivity contribution in [1.82, 2.24) is 9.88 Å². The second-order valence-corrected chi connectivity index (χ2v) is 4.57. The average molecular weight is 271 g/mol. The normalized spacial score (nSPS) is 20.6. The highest BCUT2D eigenvalue weighted by Gasteiger charge is 2.27. The zero-order chi connectivity index (χ0) is 10.8. The van der Waals surface area contributed by atoms with Crippen molar-refractivity contribution in [2.45, 2.75) is 12.3 Å². The molecule has 0 radical (unpaired) electrons. The van der Waals surface area contributed by atoms with Crippen LogP contribution in [0.25, 0.3) is 0 Å². The molecule has 1 saturated heterocycles. The highest BCUT2D eigenvalue weighted by molar-refractivity contribution is 9.10. The molecule has 0 aromatic carbocycles. The van der Waals surface area contributed by atoms with E-state index in [1.54, 1.807) is 12.4 Å². The van der Waals surface area contributed by atoms with Crippen LogP contribution in [0.2, 0.25) is 0 Å². The molecule has 80 valence electrons. The lowest BCUT2D eigenvalue weighted by Gasteiger charge is -2.12. The van der Waals surface area contributed by atoms with E-state index in [2.05, 4.69) is 20.9 Å². The lowest BCUT2D eigenvalue weighted by atomic mass is 10.0. The van der Waals surface area contributed by atoms with Crippen molar-refractivity contribution in [2.24, 2.45) is 0 Å². The van der Waals surface area contributed by atoms with E-state index in [1.165, 1.54) is 4.90 Å². The molecule has 2 rings (SSSR count). The van der Waals surface area contributed by atoms with Crippen molar-refractivity contribution in [3.8, 4) is 0 Å². The molecule has 1 fully saturated rings. The molecule has 0 spiro atoms. The zero-order valence-electron chi connectivity index (χ0n) is 8.06. The number of amides is 1. The summed E-state index contributed by atoms with van der Waals surface area (Å²) in [6, 6.07) is 2.00. The first-order valence-corrected chi connectivity index (χ1v) is 5.54. The van der Waals surface area contributed by atoms with Gasteiger partial charge in [0.05, 0.1) is 0 Å². The van der Waals surface area contributed by atoms with E-state index in [4.69, 9.17) is 5.11 Å². The van der Waals surface area contributed by atoms with Gasteiger partial charge in [-0.25, -0.2) is 4.79 Å². The summed E-state index contributed by atoms with van der Waals surface area (Å²) in [6.45, 7) is 1.19. The molecule has 1 aromatic rings. The third kappa shape index (κ3) is 2.28. The highest BCUT2D eigenvalue weighted by atomic mass is 79.9. The van der Waals surface area contributed by atoms with E-state index in [0.717, 1.165) is 16.5 Å². The van der Waals surface area contributed by atoms with Gasteiger partial charge in [0.15, 0.2) is 0 Å².